The van der Waals surface area contributed by atoms with Gasteiger partial charge in [-0.3, -0.25) is 4.90 Å². The summed E-state index contributed by atoms with van der Waals surface area (Å²) >= 11 is 0. The second kappa shape index (κ2) is 4.75. The van der Waals surface area contributed by atoms with E-state index in [-0.39, 0.29) is 5.54 Å². The highest BCUT2D eigenvalue weighted by atomic mass is 15.2. The molecular weight excluding hydrogens is 196 g/mol. The summed E-state index contributed by atoms with van der Waals surface area (Å²) in [5.74, 6) is 1.80. The molecule has 16 heavy (non-hydrogen) atoms. The zero-order valence-electron chi connectivity index (χ0n) is 10.7. The lowest BCUT2D eigenvalue weighted by Gasteiger charge is -2.43. The molecule has 0 N–H and O–H groups in total. The van der Waals surface area contributed by atoms with E-state index in [2.05, 4.69) is 24.8 Å². The van der Waals surface area contributed by atoms with Crippen molar-refractivity contribution in [2.45, 2.75) is 57.9 Å². The number of hydrogen-bond acceptors (Lipinski definition) is 2. The van der Waals surface area contributed by atoms with Crippen LogP contribution in [0.5, 0.6) is 0 Å². The lowest BCUT2D eigenvalue weighted by atomic mass is 9.73. The van der Waals surface area contributed by atoms with E-state index in [1.807, 2.05) is 0 Å². The van der Waals surface area contributed by atoms with Gasteiger partial charge < -0.3 is 0 Å². The van der Waals surface area contributed by atoms with Crippen LogP contribution in [-0.2, 0) is 0 Å². The molecule has 2 fully saturated rings. The standard InChI is InChI=1S/C14H24N2/c1-3-16(4-2)14(11-15)9-5-6-13(10-14)12-7-8-12/h12-13H,3-10H2,1-2H3. The van der Waals surface area contributed by atoms with Crippen LogP contribution in [0.1, 0.15) is 52.4 Å². The summed E-state index contributed by atoms with van der Waals surface area (Å²) in [5, 5.41) is 9.60. The van der Waals surface area contributed by atoms with Crippen LogP contribution < -0.4 is 0 Å². The predicted octanol–water partition coefficient (Wildman–Crippen LogP) is 3.19. The normalized spacial score (nSPS) is 35.0. The minimum atomic E-state index is -0.130. The maximum atomic E-state index is 9.60. The van der Waals surface area contributed by atoms with Gasteiger partial charge in [-0.05, 0) is 57.0 Å². The second-order valence-electron chi connectivity index (χ2n) is 5.51. The minimum absolute atomic E-state index is 0.130. The fourth-order valence-corrected chi connectivity index (χ4v) is 3.55. The van der Waals surface area contributed by atoms with Gasteiger partial charge in [-0.1, -0.05) is 20.3 Å². The Bertz CT molecular complexity index is 273. The Morgan fingerprint density at radius 1 is 1.19 bits per heavy atom. The molecule has 0 amide bonds. The van der Waals surface area contributed by atoms with E-state index < -0.39 is 0 Å². The number of rotatable bonds is 4. The number of nitriles is 1. The van der Waals surface area contributed by atoms with Crippen molar-refractivity contribution in [1.29, 1.82) is 5.26 Å². The first kappa shape index (κ1) is 11.9. The smallest absolute Gasteiger partial charge is 0.109 e. The molecule has 0 radical (unpaired) electrons. The maximum Gasteiger partial charge on any atom is 0.109 e. The molecule has 2 saturated carbocycles. The molecule has 2 rings (SSSR count). The fraction of sp³-hybridized carbons (Fsp3) is 0.929. The summed E-state index contributed by atoms with van der Waals surface area (Å²) in [6.45, 7) is 6.40. The van der Waals surface area contributed by atoms with Gasteiger partial charge in [0.15, 0.2) is 0 Å². The first-order chi connectivity index (χ1) is 7.75. The van der Waals surface area contributed by atoms with Crippen LogP contribution in [0.2, 0.25) is 0 Å². The van der Waals surface area contributed by atoms with Gasteiger partial charge in [0.1, 0.15) is 5.54 Å². The quantitative estimate of drug-likeness (QED) is 0.727. The fourth-order valence-electron chi connectivity index (χ4n) is 3.55. The van der Waals surface area contributed by atoms with Crippen molar-refractivity contribution in [1.82, 2.24) is 4.90 Å². The van der Waals surface area contributed by atoms with E-state index >= 15 is 0 Å². The third-order valence-corrected chi connectivity index (χ3v) is 4.63. The van der Waals surface area contributed by atoms with Crippen molar-refractivity contribution in [3.63, 3.8) is 0 Å². The SMILES string of the molecule is CCN(CC)C1(C#N)CCCC(C2CC2)C1. The van der Waals surface area contributed by atoms with Crippen molar-refractivity contribution in [2.75, 3.05) is 13.1 Å². The van der Waals surface area contributed by atoms with Gasteiger partial charge in [-0.25, -0.2) is 0 Å². The van der Waals surface area contributed by atoms with Crippen LogP contribution >= 0.6 is 0 Å². The Balaban J connectivity index is 2.09. The first-order valence-corrected chi connectivity index (χ1v) is 6.92. The molecule has 2 heteroatoms. The van der Waals surface area contributed by atoms with Crippen LogP contribution in [0.3, 0.4) is 0 Å². The topological polar surface area (TPSA) is 27.0 Å². The summed E-state index contributed by atoms with van der Waals surface area (Å²) in [5.41, 5.74) is -0.130. The first-order valence-electron chi connectivity index (χ1n) is 6.92. The summed E-state index contributed by atoms with van der Waals surface area (Å²) in [7, 11) is 0. The van der Waals surface area contributed by atoms with Gasteiger partial charge in [0.25, 0.3) is 0 Å². The molecule has 0 heterocycles. The number of hydrogen-bond donors (Lipinski definition) is 0. The molecule has 0 aromatic rings. The Labute approximate surface area is 99.6 Å². The van der Waals surface area contributed by atoms with Crippen molar-refractivity contribution in [2.24, 2.45) is 11.8 Å². The van der Waals surface area contributed by atoms with Crippen LogP contribution in [-0.4, -0.2) is 23.5 Å². The molecule has 2 atom stereocenters. The van der Waals surface area contributed by atoms with Crippen molar-refractivity contribution in [3.8, 4) is 6.07 Å². The molecule has 0 spiro atoms. The molecular formula is C14H24N2. The molecule has 0 bridgehead atoms. The van der Waals surface area contributed by atoms with Crippen molar-refractivity contribution >= 4 is 0 Å². The predicted molar refractivity (Wildman–Crippen MR) is 65.9 cm³/mol. The lowest BCUT2D eigenvalue weighted by molar-refractivity contribution is 0.0776. The molecule has 0 aromatic carbocycles. The second-order valence-corrected chi connectivity index (χ2v) is 5.51. The van der Waals surface area contributed by atoms with E-state index in [0.717, 1.165) is 37.8 Å². The van der Waals surface area contributed by atoms with Gasteiger partial charge in [0.05, 0.1) is 6.07 Å². The summed E-state index contributed by atoms with van der Waals surface area (Å²) < 4.78 is 0. The van der Waals surface area contributed by atoms with Gasteiger partial charge in [-0.2, -0.15) is 5.26 Å². The molecule has 2 unspecified atom stereocenters. The molecule has 0 aromatic heterocycles. The maximum absolute atomic E-state index is 9.60. The largest absolute Gasteiger partial charge is 0.286 e. The van der Waals surface area contributed by atoms with Gasteiger partial charge in [-0.15, -0.1) is 0 Å². The van der Waals surface area contributed by atoms with Crippen LogP contribution in [0, 0.1) is 23.2 Å². The average molecular weight is 220 g/mol. The third kappa shape index (κ3) is 2.11. The Hall–Kier alpha value is -0.550. The molecule has 0 aliphatic heterocycles. The Kier molecular flexibility index (Phi) is 3.54. The Morgan fingerprint density at radius 3 is 2.38 bits per heavy atom. The van der Waals surface area contributed by atoms with E-state index in [9.17, 15) is 5.26 Å². The van der Waals surface area contributed by atoms with Crippen LogP contribution in [0.25, 0.3) is 0 Å². The molecule has 2 aliphatic rings. The zero-order valence-corrected chi connectivity index (χ0v) is 10.7. The third-order valence-electron chi connectivity index (χ3n) is 4.63. The van der Waals surface area contributed by atoms with Crippen molar-refractivity contribution in [3.05, 3.63) is 0 Å². The minimum Gasteiger partial charge on any atom is -0.286 e. The van der Waals surface area contributed by atoms with Gasteiger partial charge in [0.2, 0.25) is 0 Å². The van der Waals surface area contributed by atoms with Crippen LogP contribution in [0.15, 0.2) is 0 Å². The molecule has 2 nitrogen and oxygen atoms in total. The van der Waals surface area contributed by atoms with E-state index in [1.165, 1.54) is 25.7 Å². The molecule has 90 valence electrons. The monoisotopic (exact) mass is 220 g/mol. The van der Waals surface area contributed by atoms with E-state index in [0.29, 0.717) is 0 Å². The lowest BCUT2D eigenvalue weighted by Crippen LogP contribution is -2.50. The Morgan fingerprint density at radius 2 is 1.88 bits per heavy atom. The highest BCUT2D eigenvalue weighted by Gasteiger charge is 2.44. The summed E-state index contributed by atoms with van der Waals surface area (Å²) in [4.78, 5) is 2.39. The highest BCUT2D eigenvalue weighted by molar-refractivity contribution is 5.11. The van der Waals surface area contributed by atoms with E-state index in [1.54, 1.807) is 0 Å². The zero-order chi connectivity index (χ0) is 11.6. The van der Waals surface area contributed by atoms with Crippen molar-refractivity contribution < 1.29 is 0 Å². The summed E-state index contributed by atoms with van der Waals surface area (Å²) in [6, 6.07) is 2.66. The van der Waals surface area contributed by atoms with E-state index in [4.69, 9.17) is 0 Å². The molecule has 2 aliphatic carbocycles. The van der Waals surface area contributed by atoms with Gasteiger partial charge >= 0.3 is 0 Å². The average Bonchev–Trinajstić information content (AvgIpc) is 3.15. The highest BCUT2D eigenvalue weighted by Crippen LogP contribution is 2.47. The van der Waals surface area contributed by atoms with Crippen LogP contribution in [0.4, 0.5) is 0 Å². The summed E-state index contributed by atoms with van der Waals surface area (Å²) in [6.07, 6.45) is 7.69. The van der Waals surface area contributed by atoms with Gasteiger partial charge in [0, 0.05) is 0 Å². The molecule has 0 saturated heterocycles. The number of nitrogens with zero attached hydrogens (tertiary/aromatic N) is 2.